The zero-order valence-corrected chi connectivity index (χ0v) is 19.9. The van der Waals surface area contributed by atoms with E-state index in [9.17, 15) is 19.7 Å². The molecule has 180 valence electrons. The fourth-order valence-electron chi connectivity index (χ4n) is 5.85. The lowest BCUT2D eigenvalue weighted by Crippen LogP contribution is -2.60. The van der Waals surface area contributed by atoms with Crippen LogP contribution in [0.3, 0.4) is 0 Å². The van der Waals surface area contributed by atoms with Gasteiger partial charge in [0, 0.05) is 56.0 Å². The van der Waals surface area contributed by atoms with Gasteiger partial charge in [-0.1, -0.05) is 18.9 Å². The minimum absolute atomic E-state index is 0.0259. The summed E-state index contributed by atoms with van der Waals surface area (Å²) in [6.45, 7) is 7.09. The van der Waals surface area contributed by atoms with E-state index in [4.69, 9.17) is 0 Å². The second-order valence-electron chi connectivity index (χ2n) is 9.95. The van der Waals surface area contributed by atoms with Crippen molar-refractivity contribution in [3.63, 3.8) is 0 Å². The number of hydrogen-bond acceptors (Lipinski definition) is 5. The topological polar surface area (TPSA) is 87.0 Å². The van der Waals surface area contributed by atoms with Gasteiger partial charge in [-0.2, -0.15) is 0 Å². The standard InChI is InChI=1S/C25H36N4O4/c1-18-10-11-21(17-22(18)29(32)33)24(30)27-15-13-26(14-16-27)23(20-8-3-4-9-20)25(31)28-12-6-5-7-19(28)2/h10-11,17,19-20,23H,3-9,12-16H2,1-2H3. The van der Waals surface area contributed by atoms with Crippen molar-refractivity contribution in [1.82, 2.24) is 14.7 Å². The Bertz CT molecular complexity index is 890. The molecule has 8 heteroatoms. The minimum atomic E-state index is -0.441. The van der Waals surface area contributed by atoms with Gasteiger partial charge in [-0.25, -0.2) is 0 Å². The highest BCUT2D eigenvalue weighted by atomic mass is 16.6. The molecule has 33 heavy (non-hydrogen) atoms. The first-order chi connectivity index (χ1) is 15.9. The molecule has 3 aliphatic rings. The average molecular weight is 457 g/mol. The van der Waals surface area contributed by atoms with Crippen LogP contribution in [-0.2, 0) is 4.79 Å². The normalized spacial score (nSPS) is 23.5. The highest BCUT2D eigenvalue weighted by Crippen LogP contribution is 2.33. The van der Waals surface area contributed by atoms with Gasteiger partial charge >= 0.3 is 0 Å². The highest BCUT2D eigenvalue weighted by molar-refractivity contribution is 5.95. The molecule has 2 heterocycles. The van der Waals surface area contributed by atoms with Crippen molar-refractivity contribution < 1.29 is 14.5 Å². The number of rotatable bonds is 5. The molecule has 0 aromatic heterocycles. The number of carbonyl (C=O) groups excluding carboxylic acids is 2. The molecular weight excluding hydrogens is 420 g/mol. The van der Waals surface area contributed by atoms with E-state index in [0.29, 0.717) is 49.3 Å². The molecule has 0 spiro atoms. The van der Waals surface area contributed by atoms with Gasteiger partial charge in [-0.05, 0) is 57.9 Å². The van der Waals surface area contributed by atoms with Crippen LogP contribution >= 0.6 is 0 Å². The molecule has 1 aromatic rings. The zero-order valence-electron chi connectivity index (χ0n) is 19.9. The summed E-state index contributed by atoms with van der Waals surface area (Å²) >= 11 is 0. The fourth-order valence-corrected chi connectivity index (χ4v) is 5.85. The summed E-state index contributed by atoms with van der Waals surface area (Å²) in [6.07, 6.45) is 7.93. The molecule has 2 atom stereocenters. The van der Waals surface area contributed by atoms with E-state index in [1.54, 1.807) is 24.0 Å². The van der Waals surface area contributed by atoms with Gasteiger partial charge in [0.25, 0.3) is 11.6 Å². The predicted octanol–water partition coefficient (Wildman–Crippen LogP) is 3.62. The number of carbonyl (C=O) groups is 2. The fraction of sp³-hybridized carbons (Fsp3) is 0.680. The first kappa shape index (κ1) is 23.7. The van der Waals surface area contributed by atoms with E-state index in [2.05, 4.69) is 16.7 Å². The summed E-state index contributed by atoms with van der Waals surface area (Å²) in [5.41, 5.74) is 0.875. The number of nitro groups is 1. The first-order valence-electron chi connectivity index (χ1n) is 12.5. The first-order valence-corrected chi connectivity index (χ1v) is 12.5. The molecule has 1 aromatic carbocycles. The molecule has 1 aliphatic carbocycles. The number of nitrogens with zero attached hydrogens (tertiary/aromatic N) is 4. The van der Waals surface area contributed by atoms with Crippen molar-refractivity contribution >= 4 is 17.5 Å². The van der Waals surface area contributed by atoms with Gasteiger partial charge in [0.1, 0.15) is 0 Å². The number of amides is 2. The van der Waals surface area contributed by atoms with Crippen LogP contribution in [0.2, 0.25) is 0 Å². The average Bonchev–Trinajstić information content (AvgIpc) is 3.34. The van der Waals surface area contributed by atoms with Crippen LogP contribution in [0.25, 0.3) is 0 Å². The van der Waals surface area contributed by atoms with E-state index in [1.807, 2.05) is 0 Å². The van der Waals surface area contributed by atoms with Crippen molar-refractivity contribution in [2.75, 3.05) is 32.7 Å². The van der Waals surface area contributed by atoms with Gasteiger partial charge < -0.3 is 9.80 Å². The van der Waals surface area contributed by atoms with Crippen LogP contribution < -0.4 is 0 Å². The third kappa shape index (κ3) is 5.05. The van der Waals surface area contributed by atoms with Crippen LogP contribution in [0.15, 0.2) is 18.2 Å². The molecule has 3 fully saturated rings. The lowest BCUT2D eigenvalue weighted by Gasteiger charge is -2.44. The van der Waals surface area contributed by atoms with E-state index >= 15 is 0 Å². The molecule has 0 N–H and O–H groups in total. The molecule has 2 amide bonds. The smallest absolute Gasteiger partial charge is 0.273 e. The lowest BCUT2D eigenvalue weighted by atomic mass is 9.92. The zero-order chi connectivity index (χ0) is 23.5. The van der Waals surface area contributed by atoms with Crippen LogP contribution in [0.5, 0.6) is 0 Å². The Labute approximate surface area is 196 Å². The third-order valence-electron chi connectivity index (χ3n) is 7.83. The van der Waals surface area contributed by atoms with Gasteiger partial charge in [-0.3, -0.25) is 24.6 Å². The second-order valence-corrected chi connectivity index (χ2v) is 9.95. The number of piperidine rings is 1. The van der Waals surface area contributed by atoms with Crippen molar-refractivity contribution in [2.24, 2.45) is 5.92 Å². The molecule has 8 nitrogen and oxygen atoms in total. The number of likely N-dealkylation sites (tertiary alicyclic amines) is 1. The lowest BCUT2D eigenvalue weighted by molar-refractivity contribution is -0.385. The van der Waals surface area contributed by atoms with Crippen molar-refractivity contribution in [3.05, 3.63) is 39.4 Å². The molecule has 0 radical (unpaired) electrons. The Kier molecular flexibility index (Phi) is 7.32. The van der Waals surface area contributed by atoms with Crippen LogP contribution in [0.4, 0.5) is 5.69 Å². The van der Waals surface area contributed by atoms with Crippen molar-refractivity contribution in [3.8, 4) is 0 Å². The number of aryl methyl sites for hydroxylation is 1. The molecule has 4 rings (SSSR count). The summed E-state index contributed by atoms with van der Waals surface area (Å²) in [6, 6.07) is 4.89. The summed E-state index contributed by atoms with van der Waals surface area (Å²) in [5, 5.41) is 11.3. The van der Waals surface area contributed by atoms with E-state index in [-0.39, 0.29) is 23.5 Å². The predicted molar refractivity (Wildman–Crippen MR) is 126 cm³/mol. The number of hydrogen-bond donors (Lipinski definition) is 0. The summed E-state index contributed by atoms with van der Waals surface area (Å²) in [4.78, 5) is 43.8. The Morgan fingerprint density at radius 1 is 1.00 bits per heavy atom. The third-order valence-corrected chi connectivity index (χ3v) is 7.83. The molecule has 1 saturated carbocycles. The Hall–Kier alpha value is -2.48. The van der Waals surface area contributed by atoms with E-state index in [1.165, 1.54) is 25.3 Å². The number of benzene rings is 1. The van der Waals surface area contributed by atoms with Gasteiger partial charge in [0.2, 0.25) is 5.91 Å². The van der Waals surface area contributed by atoms with Crippen molar-refractivity contribution in [2.45, 2.75) is 70.9 Å². The number of nitro benzene ring substituents is 1. The maximum Gasteiger partial charge on any atom is 0.273 e. The largest absolute Gasteiger partial charge is 0.339 e. The highest BCUT2D eigenvalue weighted by Gasteiger charge is 2.40. The minimum Gasteiger partial charge on any atom is -0.339 e. The Morgan fingerprint density at radius 2 is 1.67 bits per heavy atom. The van der Waals surface area contributed by atoms with E-state index in [0.717, 1.165) is 32.2 Å². The SMILES string of the molecule is Cc1ccc(C(=O)N2CCN(C(C(=O)N3CCCCC3C)C3CCCC3)CC2)cc1[N+](=O)[O-]. The van der Waals surface area contributed by atoms with Gasteiger partial charge in [0.05, 0.1) is 11.0 Å². The molecule has 2 unspecified atom stereocenters. The molecule has 0 bridgehead atoms. The van der Waals surface area contributed by atoms with Gasteiger partial charge in [0.15, 0.2) is 0 Å². The number of piperazine rings is 1. The monoisotopic (exact) mass is 456 g/mol. The maximum atomic E-state index is 13.7. The van der Waals surface area contributed by atoms with Crippen LogP contribution in [0.1, 0.15) is 67.8 Å². The maximum absolute atomic E-state index is 13.7. The van der Waals surface area contributed by atoms with Gasteiger partial charge in [-0.15, -0.1) is 0 Å². The van der Waals surface area contributed by atoms with Crippen LogP contribution in [-0.4, -0.2) is 76.2 Å². The van der Waals surface area contributed by atoms with Crippen LogP contribution in [0, 0.1) is 23.0 Å². The Balaban J connectivity index is 1.45. The summed E-state index contributed by atoms with van der Waals surface area (Å²) < 4.78 is 0. The second kappa shape index (κ2) is 10.2. The quantitative estimate of drug-likeness (QED) is 0.499. The molecular formula is C25H36N4O4. The molecule has 2 saturated heterocycles. The summed E-state index contributed by atoms with van der Waals surface area (Å²) in [5.74, 6) is 0.503. The summed E-state index contributed by atoms with van der Waals surface area (Å²) in [7, 11) is 0. The van der Waals surface area contributed by atoms with Crippen molar-refractivity contribution in [1.29, 1.82) is 0 Å². The Morgan fingerprint density at radius 3 is 2.30 bits per heavy atom. The van der Waals surface area contributed by atoms with E-state index < -0.39 is 4.92 Å². The molecule has 2 aliphatic heterocycles.